The van der Waals surface area contributed by atoms with Crippen molar-refractivity contribution >= 4 is 10.1 Å². The lowest BCUT2D eigenvalue weighted by Gasteiger charge is -2.46. The highest BCUT2D eigenvalue weighted by molar-refractivity contribution is 7.85. The van der Waals surface area contributed by atoms with Crippen LogP contribution in [-0.2, 0) is 23.8 Å². The molecular formula is C8H16O5S. The molecule has 1 unspecified atom stereocenters. The lowest BCUT2D eigenvalue weighted by atomic mass is 9.78. The highest BCUT2D eigenvalue weighted by atomic mass is 32.2. The number of rotatable bonds is 5. The van der Waals surface area contributed by atoms with Crippen LogP contribution in [0.5, 0.6) is 0 Å². The van der Waals surface area contributed by atoms with Crippen LogP contribution in [0.4, 0.5) is 0 Å². The van der Waals surface area contributed by atoms with Gasteiger partial charge in [0.05, 0.1) is 12.9 Å². The van der Waals surface area contributed by atoms with Gasteiger partial charge in [-0.15, -0.1) is 0 Å². The van der Waals surface area contributed by atoms with Gasteiger partial charge in [0.1, 0.15) is 0 Å². The summed E-state index contributed by atoms with van der Waals surface area (Å²) in [6.45, 7) is 0.126. The molecule has 0 aromatic rings. The monoisotopic (exact) mass is 224 g/mol. The van der Waals surface area contributed by atoms with Crippen molar-refractivity contribution in [3.8, 4) is 0 Å². The van der Waals surface area contributed by atoms with Gasteiger partial charge in [-0.1, -0.05) is 0 Å². The lowest BCUT2D eigenvalue weighted by Crippen LogP contribution is -2.52. The van der Waals surface area contributed by atoms with Crippen molar-refractivity contribution in [3.63, 3.8) is 0 Å². The fourth-order valence-electron chi connectivity index (χ4n) is 1.62. The second kappa shape index (κ2) is 4.14. The Bertz CT molecular complexity index is 275. The molecule has 1 rings (SSSR count). The average Bonchev–Trinajstić information content (AvgIpc) is 2.03. The zero-order valence-electron chi connectivity index (χ0n) is 8.65. The molecule has 6 heteroatoms. The summed E-state index contributed by atoms with van der Waals surface area (Å²) in [6.07, 6.45) is 2.67. The van der Waals surface area contributed by atoms with Gasteiger partial charge in [0.15, 0.2) is 5.79 Å². The van der Waals surface area contributed by atoms with E-state index >= 15 is 0 Å². The molecule has 0 radical (unpaired) electrons. The summed E-state index contributed by atoms with van der Waals surface area (Å²) in [7, 11) is -0.270. The molecule has 14 heavy (non-hydrogen) atoms. The summed E-state index contributed by atoms with van der Waals surface area (Å²) in [5.41, 5.74) is 0. The summed E-state index contributed by atoms with van der Waals surface area (Å²) >= 11 is 0. The second-order valence-corrected chi connectivity index (χ2v) is 5.09. The van der Waals surface area contributed by atoms with Gasteiger partial charge in [0.2, 0.25) is 0 Å². The average molecular weight is 224 g/mol. The molecule has 0 aliphatic heterocycles. The van der Waals surface area contributed by atoms with Crippen LogP contribution in [0.25, 0.3) is 0 Å². The first-order chi connectivity index (χ1) is 6.43. The van der Waals surface area contributed by atoms with Crippen LogP contribution < -0.4 is 0 Å². The molecule has 0 aromatic carbocycles. The summed E-state index contributed by atoms with van der Waals surface area (Å²) in [5, 5.41) is 0. The van der Waals surface area contributed by atoms with Crippen molar-refractivity contribution in [1.29, 1.82) is 0 Å². The minimum Gasteiger partial charge on any atom is -0.353 e. The van der Waals surface area contributed by atoms with Crippen LogP contribution >= 0.6 is 0 Å². The van der Waals surface area contributed by atoms with Crippen LogP contribution in [-0.4, -0.2) is 41.3 Å². The van der Waals surface area contributed by atoms with E-state index in [9.17, 15) is 8.42 Å². The number of methoxy groups -OCH3 is 2. The molecule has 0 heterocycles. The second-order valence-electron chi connectivity index (χ2n) is 3.44. The molecule has 1 aliphatic rings. The van der Waals surface area contributed by atoms with E-state index in [1.165, 1.54) is 0 Å². The minimum atomic E-state index is -3.37. The molecule has 5 nitrogen and oxygen atoms in total. The van der Waals surface area contributed by atoms with E-state index in [4.69, 9.17) is 13.7 Å². The van der Waals surface area contributed by atoms with Crippen LogP contribution in [0, 0.1) is 5.92 Å². The highest BCUT2D eigenvalue weighted by Crippen LogP contribution is 2.42. The third-order valence-corrected chi connectivity index (χ3v) is 3.20. The highest BCUT2D eigenvalue weighted by Gasteiger charge is 2.48. The topological polar surface area (TPSA) is 61.8 Å². The molecule has 1 fully saturated rings. The smallest absolute Gasteiger partial charge is 0.264 e. The number of ether oxygens (including phenoxy) is 2. The minimum absolute atomic E-state index is 0.00720. The van der Waals surface area contributed by atoms with Gasteiger partial charge in [-0.3, -0.25) is 4.18 Å². The SMILES string of the molecule is COC1(OC)CCC1COS(C)(=O)=O. The third kappa shape index (κ3) is 2.44. The molecule has 0 bridgehead atoms. The number of hydrogen-bond donors (Lipinski definition) is 0. The van der Waals surface area contributed by atoms with E-state index in [1.807, 2.05) is 0 Å². The van der Waals surface area contributed by atoms with Crippen molar-refractivity contribution in [1.82, 2.24) is 0 Å². The normalized spacial score (nSPS) is 25.8. The van der Waals surface area contributed by atoms with E-state index in [2.05, 4.69) is 0 Å². The fourth-order valence-corrected chi connectivity index (χ4v) is 2.03. The van der Waals surface area contributed by atoms with E-state index in [1.54, 1.807) is 14.2 Å². The zero-order valence-corrected chi connectivity index (χ0v) is 9.46. The molecule has 1 aliphatic carbocycles. The Balaban J connectivity index is 2.47. The van der Waals surface area contributed by atoms with Crippen LogP contribution in [0.15, 0.2) is 0 Å². The largest absolute Gasteiger partial charge is 0.353 e. The summed E-state index contributed by atoms with van der Waals surface area (Å²) in [5.74, 6) is -0.655. The summed E-state index contributed by atoms with van der Waals surface area (Å²) in [6, 6.07) is 0. The van der Waals surface area contributed by atoms with Crippen LogP contribution in [0.1, 0.15) is 12.8 Å². The van der Waals surface area contributed by atoms with Crippen molar-refractivity contribution in [2.45, 2.75) is 18.6 Å². The standard InChI is InChI=1S/C8H16O5S/c1-11-8(12-2)5-4-7(8)6-13-14(3,9)10/h7H,4-6H2,1-3H3. The Kier molecular flexibility index (Phi) is 3.52. The predicted octanol–water partition coefficient (Wildman–Crippen LogP) is 0.362. The van der Waals surface area contributed by atoms with Crippen LogP contribution in [0.3, 0.4) is 0 Å². The molecule has 1 saturated carbocycles. The van der Waals surface area contributed by atoms with Crippen molar-refractivity contribution in [2.24, 2.45) is 5.92 Å². The maximum Gasteiger partial charge on any atom is 0.264 e. The molecule has 0 amide bonds. The molecule has 84 valence electrons. The first-order valence-electron chi connectivity index (χ1n) is 4.38. The quantitative estimate of drug-likeness (QED) is 0.498. The van der Waals surface area contributed by atoms with E-state index in [0.717, 1.165) is 19.1 Å². The van der Waals surface area contributed by atoms with Gasteiger partial charge in [0, 0.05) is 26.6 Å². The van der Waals surface area contributed by atoms with Gasteiger partial charge in [-0.2, -0.15) is 8.42 Å². The Morgan fingerprint density at radius 2 is 1.93 bits per heavy atom. The van der Waals surface area contributed by atoms with Crippen molar-refractivity contribution < 1.29 is 22.1 Å². The molecule has 0 N–H and O–H groups in total. The molecule has 0 spiro atoms. The summed E-state index contributed by atoms with van der Waals surface area (Å²) in [4.78, 5) is 0. The van der Waals surface area contributed by atoms with Crippen molar-refractivity contribution in [2.75, 3.05) is 27.1 Å². The molecule has 0 saturated heterocycles. The van der Waals surface area contributed by atoms with Gasteiger partial charge in [-0.25, -0.2) is 0 Å². The van der Waals surface area contributed by atoms with E-state index < -0.39 is 15.9 Å². The number of hydrogen-bond acceptors (Lipinski definition) is 5. The first kappa shape index (κ1) is 11.9. The lowest BCUT2D eigenvalue weighted by molar-refractivity contribution is -0.290. The van der Waals surface area contributed by atoms with E-state index in [-0.39, 0.29) is 12.5 Å². The zero-order chi connectivity index (χ0) is 10.8. The van der Waals surface area contributed by atoms with Crippen LogP contribution in [0.2, 0.25) is 0 Å². The van der Waals surface area contributed by atoms with Gasteiger partial charge in [0.25, 0.3) is 10.1 Å². The van der Waals surface area contributed by atoms with Gasteiger partial charge in [-0.05, 0) is 6.42 Å². The Morgan fingerprint density at radius 3 is 2.21 bits per heavy atom. The van der Waals surface area contributed by atoms with E-state index in [0.29, 0.717) is 0 Å². The predicted molar refractivity (Wildman–Crippen MR) is 50.3 cm³/mol. The Labute approximate surface area is 84.5 Å². The fraction of sp³-hybridized carbons (Fsp3) is 1.00. The maximum atomic E-state index is 10.8. The van der Waals surface area contributed by atoms with Gasteiger partial charge < -0.3 is 9.47 Å². The first-order valence-corrected chi connectivity index (χ1v) is 6.20. The molecule has 0 aromatic heterocycles. The van der Waals surface area contributed by atoms with Gasteiger partial charge >= 0.3 is 0 Å². The summed E-state index contributed by atoms with van der Waals surface area (Å²) < 4.78 is 36.6. The Hall–Kier alpha value is -0.170. The third-order valence-electron chi connectivity index (χ3n) is 2.64. The molecular weight excluding hydrogens is 208 g/mol. The Morgan fingerprint density at radius 1 is 1.36 bits per heavy atom. The van der Waals surface area contributed by atoms with Crippen molar-refractivity contribution in [3.05, 3.63) is 0 Å². The maximum absolute atomic E-state index is 10.8. The molecule has 1 atom stereocenters.